The van der Waals surface area contributed by atoms with Gasteiger partial charge in [0.25, 0.3) is 5.91 Å². The Morgan fingerprint density at radius 2 is 1.64 bits per heavy atom. The summed E-state index contributed by atoms with van der Waals surface area (Å²) < 4.78 is 0. The molecular weight excluding hydrogens is 606 g/mol. The topological polar surface area (TPSA) is 180 Å². The molecular formula is C33H55N7O7. The first-order valence-electron chi connectivity index (χ1n) is 16.0. The summed E-state index contributed by atoms with van der Waals surface area (Å²) in [7, 11) is 5.21. The molecule has 47 heavy (non-hydrogen) atoms. The van der Waals surface area contributed by atoms with E-state index in [2.05, 4.69) is 27.8 Å². The molecule has 1 aliphatic carbocycles. The highest BCUT2D eigenvalue weighted by Crippen LogP contribution is 2.38. The van der Waals surface area contributed by atoms with E-state index in [0.29, 0.717) is 24.2 Å². The van der Waals surface area contributed by atoms with Gasteiger partial charge in [0.05, 0.1) is 17.8 Å². The van der Waals surface area contributed by atoms with Crippen molar-refractivity contribution in [3.8, 4) is 0 Å². The largest absolute Gasteiger partial charge is 0.376 e. The summed E-state index contributed by atoms with van der Waals surface area (Å²) in [4.78, 5) is 82.6. The van der Waals surface area contributed by atoms with Gasteiger partial charge in [0.15, 0.2) is 5.60 Å². The lowest BCUT2D eigenvalue weighted by Gasteiger charge is -2.46. The van der Waals surface area contributed by atoms with Crippen LogP contribution in [0.25, 0.3) is 0 Å². The van der Waals surface area contributed by atoms with Crippen molar-refractivity contribution in [3.63, 3.8) is 0 Å². The Bertz CT molecular complexity index is 1290. The number of nitrogens with zero attached hydrogens (tertiary/aromatic N) is 3. The molecule has 0 aromatic rings. The molecule has 5 atom stereocenters. The van der Waals surface area contributed by atoms with Crippen molar-refractivity contribution < 1.29 is 33.9 Å². The molecule has 1 saturated heterocycles. The van der Waals surface area contributed by atoms with E-state index >= 15 is 0 Å². The molecule has 1 aliphatic heterocycles. The summed E-state index contributed by atoms with van der Waals surface area (Å²) in [6.45, 7) is 18.3. The van der Waals surface area contributed by atoms with Crippen LogP contribution in [0.2, 0.25) is 0 Å². The monoisotopic (exact) mass is 661 g/mol. The molecule has 2 aliphatic rings. The van der Waals surface area contributed by atoms with E-state index in [1.54, 1.807) is 30.9 Å². The lowest BCUT2D eigenvalue weighted by Crippen LogP contribution is -2.62. The second-order valence-electron chi connectivity index (χ2n) is 15.0. The average Bonchev–Trinajstić information content (AvgIpc) is 3.44. The van der Waals surface area contributed by atoms with Crippen molar-refractivity contribution >= 4 is 35.3 Å². The van der Waals surface area contributed by atoms with Gasteiger partial charge in [0.2, 0.25) is 23.4 Å². The molecule has 0 spiro atoms. The van der Waals surface area contributed by atoms with Crippen LogP contribution in [0.15, 0.2) is 24.0 Å². The van der Waals surface area contributed by atoms with E-state index in [4.69, 9.17) is 0 Å². The van der Waals surface area contributed by atoms with Crippen LogP contribution >= 0.6 is 0 Å². The third-order valence-electron chi connectivity index (χ3n) is 8.59. The summed E-state index contributed by atoms with van der Waals surface area (Å²) in [5, 5.41) is 21.6. The van der Waals surface area contributed by atoms with Crippen molar-refractivity contribution in [1.29, 1.82) is 0 Å². The second kappa shape index (κ2) is 14.9. The van der Waals surface area contributed by atoms with Crippen molar-refractivity contribution in [2.75, 3.05) is 40.8 Å². The lowest BCUT2D eigenvalue weighted by molar-refractivity contribution is -0.143. The minimum atomic E-state index is -1.65. The van der Waals surface area contributed by atoms with Gasteiger partial charge in [-0.05, 0) is 37.5 Å². The van der Waals surface area contributed by atoms with Gasteiger partial charge in [-0.25, -0.2) is 4.79 Å². The number of ketones is 2. The number of Topliss-reactive ketones (excluding diaryl/α,β-unsaturated/α-hetero) is 2. The van der Waals surface area contributed by atoms with Gasteiger partial charge in [-0.3, -0.25) is 24.0 Å². The number of amides is 5. The normalized spacial score (nSPS) is 21.6. The van der Waals surface area contributed by atoms with Crippen molar-refractivity contribution in [3.05, 3.63) is 24.0 Å². The molecule has 0 radical (unpaired) electrons. The molecule has 0 aromatic heterocycles. The van der Waals surface area contributed by atoms with E-state index in [9.17, 15) is 33.9 Å². The first kappa shape index (κ1) is 39.2. The number of likely N-dealkylation sites (tertiary alicyclic amines) is 1. The molecule has 2 rings (SSSR count). The number of hydrogen-bond donors (Lipinski definition) is 5. The Hall–Kier alpha value is -3.94. The molecule has 14 heteroatoms. The molecule has 5 amide bonds. The predicted molar refractivity (Wildman–Crippen MR) is 178 cm³/mol. The number of likely N-dealkylation sites (N-methyl/N-ethyl adjacent to an activating group) is 2. The van der Waals surface area contributed by atoms with Gasteiger partial charge in [0.1, 0.15) is 17.8 Å². The van der Waals surface area contributed by atoms with Crippen molar-refractivity contribution in [1.82, 2.24) is 36.0 Å². The molecule has 1 heterocycles. The number of carbonyl (C=O) groups is 6. The number of carbonyl (C=O) groups excluding carboxylic acids is 6. The third kappa shape index (κ3) is 9.11. The Kier molecular flexibility index (Phi) is 12.4. The highest BCUT2D eigenvalue weighted by Gasteiger charge is 2.52. The number of nitrogens with one attached hydrogen (secondary N) is 4. The highest BCUT2D eigenvalue weighted by molar-refractivity contribution is 6.38. The fourth-order valence-electron chi connectivity index (χ4n) is 5.75. The molecule has 0 bridgehead atoms. The van der Waals surface area contributed by atoms with E-state index < -0.39 is 70.1 Å². The zero-order valence-corrected chi connectivity index (χ0v) is 29.9. The minimum absolute atomic E-state index is 0.108. The summed E-state index contributed by atoms with van der Waals surface area (Å²) in [6, 6.07) is -4.05. The van der Waals surface area contributed by atoms with E-state index in [-0.39, 0.29) is 25.4 Å². The third-order valence-corrected chi connectivity index (χ3v) is 8.59. The maximum absolute atomic E-state index is 14.0. The first-order chi connectivity index (χ1) is 21.5. The summed E-state index contributed by atoms with van der Waals surface area (Å²) >= 11 is 0. The number of urea groups is 1. The van der Waals surface area contributed by atoms with E-state index in [0.717, 1.165) is 0 Å². The standard InChI is InChI=1S/C33H55N7O7/c1-13-16-34-28(44)23(41)19(2)35-27(43)20-15-14-17-40(20)29(45)24(32(6,7)8)37-30(46)36-21(31(3,4)5)18-39(12)25-22(38(10)11)26(42)33(25,9)47/h13,19-21,24,47H,1,14-18H2,2-12H3,(H,34,44)(H,35,43)(H2,36,37,46)/t19?,20-,21+,24?,33?/m0/s1. The van der Waals surface area contributed by atoms with Crippen LogP contribution in [0.4, 0.5) is 4.79 Å². The minimum Gasteiger partial charge on any atom is -0.376 e. The van der Waals surface area contributed by atoms with Gasteiger partial charge in [-0.15, -0.1) is 6.58 Å². The Morgan fingerprint density at radius 1 is 1.04 bits per heavy atom. The number of aliphatic hydroxyl groups is 1. The zero-order valence-electron chi connectivity index (χ0n) is 29.9. The quantitative estimate of drug-likeness (QED) is 0.139. The van der Waals surface area contributed by atoms with E-state index in [1.807, 2.05) is 41.5 Å². The Labute approximate surface area is 278 Å². The molecule has 0 aromatic carbocycles. The van der Waals surface area contributed by atoms with Crippen molar-refractivity contribution in [2.45, 2.75) is 98.0 Å². The van der Waals surface area contributed by atoms with Gasteiger partial charge < -0.3 is 41.1 Å². The molecule has 14 nitrogen and oxygen atoms in total. The maximum atomic E-state index is 14.0. The van der Waals surface area contributed by atoms with Gasteiger partial charge in [0, 0.05) is 40.8 Å². The lowest BCUT2D eigenvalue weighted by atomic mass is 9.79. The smallest absolute Gasteiger partial charge is 0.315 e. The zero-order chi connectivity index (χ0) is 36.2. The number of rotatable bonds is 13. The summed E-state index contributed by atoms with van der Waals surface area (Å²) in [5.74, 6) is -3.04. The van der Waals surface area contributed by atoms with Crippen LogP contribution in [0.1, 0.15) is 68.2 Å². The van der Waals surface area contributed by atoms with Crippen LogP contribution in [0.3, 0.4) is 0 Å². The van der Waals surface area contributed by atoms with Crippen LogP contribution in [0, 0.1) is 10.8 Å². The Morgan fingerprint density at radius 3 is 2.15 bits per heavy atom. The van der Waals surface area contributed by atoms with Crippen LogP contribution in [-0.2, 0) is 24.0 Å². The van der Waals surface area contributed by atoms with Gasteiger partial charge in [-0.2, -0.15) is 0 Å². The second-order valence-corrected chi connectivity index (χ2v) is 15.0. The highest BCUT2D eigenvalue weighted by atomic mass is 16.3. The van der Waals surface area contributed by atoms with Crippen LogP contribution in [-0.4, -0.2) is 126 Å². The van der Waals surface area contributed by atoms with Gasteiger partial charge in [-0.1, -0.05) is 47.6 Å². The fourth-order valence-corrected chi connectivity index (χ4v) is 5.75. The fraction of sp³-hybridized carbons (Fsp3) is 0.697. The van der Waals surface area contributed by atoms with Crippen LogP contribution in [0.5, 0.6) is 0 Å². The van der Waals surface area contributed by atoms with Gasteiger partial charge >= 0.3 is 6.03 Å². The molecule has 5 N–H and O–H groups in total. The van der Waals surface area contributed by atoms with Crippen molar-refractivity contribution in [2.24, 2.45) is 10.8 Å². The molecule has 0 saturated carbocycles. The molecule has 1 fully saturated rings. The SMILES string of the molecule is C=CCNC(=O)C(=O)C(C)NC(=O)[C@@H]1CCCN1C(=O)C(NC(=O)N[C@H](CN(C)C1=C(N(C)C)C(=O)C1(C)O)C(C)(C)C)C(C)(C)C. The average molecular weight is 662 g/mol. The van der Waals surface area contributed by atoms with E-state index in [1.165, 1.54) is 24.8 Å². The predicted octanol–water partition coefficient (Wildman–Crippen LogP) is 0.521. The maximum Gasteiger partial charge on any atom is 0.315 e. The number of hydrogen-bond acceptors (Lipinski definition) is 9. The first-order valence-corrected chi connectivity index (χ1v) is 16.0. The summed E-state index contributed by atoms with van der Waals surface area (Å²) in [6.07, 6.45) is 2.34. The van der Waals surface area contributed by atoms with Crippen LogP contribution < -0.4 is 21.3 Å². The summed E-state index contributed by atoms with van der Waals surface area (Å²) in [5.41, 5.74) is -2.00. The Balaban J connectivity index is 2.21. The molecule has 264 valence electrons. The molecule has 3 unspecified atom stereocenters.